The van der Waals surface area contributed by atoms with E-state index in [-0.39, 0.29) is 16.7 Å². The first kappa shape index (κ1) is 15.9. The fourth-order valence-corrected chi connectivity index (χ4v) is 2.09. The number of halogens is 2. The van der Waals surface area contributed by atoms with Crippen LogP contribution in [0.15, 0.2) is 0 Å². The lowest BCUT2D eigenvalue weighted by atomic mass is 9.59. The van der Waals surface area contributed by atoms with Gasteiger partial charge in [0.1, 0.15) is 0 Å². The molecule has 0 rings (SSSR count). The topological polar surface area (TPSA) is 0 Å². The monoisotopic (exact) mass is 234 g/mol. The van der Waals surface area contributed by atoms with Crippen molar-refractivity contribution in [2.24, 2.45) is 22.2 Å². The normalized spacial score (nSPS) is 16.7. The van der Waals surface area contributed by atoms with Crippen LogP contribution in [0.25, 0.3) is 0 Å². The largest absolute Gasteiger partial charge is 0.244 e. The summed E-state index contributed by atoms with van der Waals surface area (Å²) < 4.78 is 26.2. The molecule has 0 aliphatic rings. The van der Waals surface area contributed by atoms with Crippen LogP contribution in [0.3, 0.4) is 0 Å². The lowest BCUT2D eigenvalue weighted by Gasteiger charge is -2.47. The highest BCUT2D eigenvalue weighted by molar-refractivity contribution is 4.92. The molecule has 0 spiro atoms. The molecule has 0 bridgehead atoms. The van der Waals surface area contributed by atoms with E-state index in [9.17, 15) is 8.78 Å². The Labute approximate surface area is 99.8 Å². The second-order valence-corrected chi connectivity index (χ2v) is 7.41. The van der Waals surface area contributed by atoms with E-state index in [4.69, 9.17) is 0 Å². The summed E-state index contributed by atoms with van der Waals surface area (Å²) in [6.07, 6.45) is -1.30. The Morgan fingerprint density at radius 2 is 1.19 bits per heavy atom. The number of alkyl halides is 2. The van der Waals surface area contributed by atoms with Gasteiger partial charge in [-0.05, 0) is 23.2 Å². The summed E-state index contributed by atoms with van der Waals surface area (Å²) in [5, 5.41) is 0. The van der Waals surface area contributed by atoms with Crippen LogP contribution in [0, 0.1) is 22.2 Å². The number of hydrogen-bond acceptors (Lipinski definition) is 0. The predicted molar refractivity (Wildman–Crippen MR) is 66.8 cm³/mol. The molecule has 2 heteroatoms. The van der Waals surface area contributed by atoms with Crippen LogP contribution in [0.1, 0.15) is 61.8 Å². The Hall–Kier alpha value is -0.140. The molecular formula is C14H28F2. The van der Waals surface area contributed by atoms with Crippen LogP contribution in [0.4, 0.5) is 8.78 Å². The maximum absolute atomic E-state index is 13.1. The van der Waals surface area contributed by atoms with Crippen molar-refractivity contribution in [1.29, 1.82) is 0 Å². The van der Waals surface area contributed by atoms with Crippen molar-refractivity contribution in [3.05, 3.63) is 0 Å². The molecule has 0 amide bonds. The van der Waals surface area contributed by atoms with E-state index in [0.717, 1.165) is 6.42 Å². The van der Waals surface area contributed by atoms with E-state index in [1.165, 1.54) is 0 Å². The smallest absolute Gasteiger partial charge is 0.210 e. The molecule has 0 aliphatic carbocycles. The van der Waals surface area contributed by atoms with Gasteiger partial charge in [0.15, 0.2) is 0 Å². The molecule has 16 heavy (non-hydrogen) atoms. The predicted octanol–water partition coefficient (Wildman–Crippen LogP) is 5.38. The lowest BCUT2D eigenvalue weighted by Crippen LogP contribution is -2.44. The summed E-state index contributed by atoms with van der Waals surface area (Å²) in [5.74, 6) is 0.275. The Morgan fingerprint density at radius 1 is 0.812 bits per heavy atom. The van der Waals surface area contributed by atoms with Crippen LogP contribution in [0.2, 0.25) is 0 Å². The highest BCUT2D eigenvalue weighted by atomic mass is 19.3. The van der Waals surface area contributed by atoms with E-state index < -0.39 is 11.8 Å². The van der Waals surface area contributed by atoms with E-state index in [2.05, 4.69) is 27.7 Å². The molecule has 0 saturated carbocycles. The van der Waals surface area contributed by atoms with Gasteiger partial charge in [0.2, 0.25) is 6.43 Å². The molecule has 0 heterocycles. The molecule has 0 aliphatic heterocycles. The number of hydrogen-bond donors (Lipinski definition) is 0. The minimum Gasteiger partial charge on any atom is -0.210 e. The third kappa shape index (κ3) is 3.43. The first-order valence-corrected chi connectivity index (χ1v) is 6.10. The maximum Gasteiger partial charge on any atom is 0.244 e. The Balaban J connectivity index is 4.91. The van der Waals surface area contributed by atoms with E-state index in [1.807, 2.05) is 13.8 Å². The van der Waals surface area contributed by atoms with Crippen molar-refractivity contribution in [2.45, 2.75) is 68.2 Å². The van der Waals surface area contributed by atoms with E-state index >= 15 is 0 Å². The van der Waals surface area contributed by atoms with Gasteiger partial charge >= 0.3 is 0 Å². The first-order valence-electron chi connectivity index (χ1n) is 6.10. The van der Waals surface area contributed by atoms with Crippen LogP contribution >= 0.6 is 0 Å². The van der Waals surface area contributed by atoms with Gasteiger partial charge in [0.25, 0.3) is 0 Å². The summed E-state index contributed by atoms with van der Waals surface area (Å²) in [6.45, 7) is 15.9. The zero-order valence-corrected chi connectivity index (χ0v) is 12.1. The van der Waals surface area contributed by atoms with Crippen molar-refractivity contribution >= 4 is 0 Å². The quantitative estimate of drug-likeness (QED) is 0.613. The van der Waals surface area contributed by atoms with Crippen molar-refractivity contribution < 1.29 is 8.78 Å². The molecule has 0 saturated heterocycles. The van der Waals surface area contributed by atoms with Gasteiger partial charge in [-0.25, -0.2) is 8.78 Å². The highest BCUT2D eigenvalue weighted by Crippen LogP contribution is 2.50. The standard InChI is InChI=1S/C14H28F2/c1-10(9-12(2,3)4)13(5,6)14(7,8)11(15)16/h10-11H,9H2,1-8H3. The summed E-state index contributed by atoms with van der Waals surface area (Å²) >= 11 is 0. The van der Waals surface area contributed by atoms with Crippen LogP contribution in [-0.2, 0) is 0 Å². The lowest BCUT2D eigenvalue weighted by molar-refractivity contribution is -0.0896. The van der Waals surface area contributed by atoms with Crippen LogP contribution in [-0.4, -0.2) is 6.43 Å². The van der Waals surface area contributed by atoms with Gasteiger partial charge in [0.05, 0.1) is 0 Å². The number of rotatable bonds is 4. The van der Waals surface area contributed by atoms with Gasteiger partial charge in [-0.2, -0.15) is 0 Å². The second-order valence-electron chi connectivity index (χ2n) is 7.41. The fraction of sp³-hybridized carbons (Fsp3) is 1.00. The van der Waals surface area contributed by atoms with Gasteiger partial charge in [-0.15, -0.1) is 0 Å². The highest BCUT2D eigenvalue weighted by Gasteiger charge is 2.47. The van der Waals surface area contributed by atoms with Gasteiger partial charge < -0.3 is 0 Å². The molecular weight excluding hydrogens is 206 g/mol. The van der Waals surface area contributed by atoms with Crippen LogP contribution < -0.4 is 0 Å². The van der Waals surface area contributed by atoms with Crippen molar-refractivity contribution in [3.8, 4) is 0 Å². The average molecular weight is 234 g/mol. The Bertz CT molecular complexity index is 221. The maximum atomic E-state index is 13.1. The summed E-state index contributed by atoms with van der Waals surface area (Å²) in [4.78, 5) is 0. The zero-order valence-electron chi connectivity index (χ0n) is 12.1. The third-order valence-electron chi connectivity index (χ3n) is 4.36. The molecule has 98 valence electrons. The van der Waals surface area contributed by atoms with Gasteiger partial charge in [-0.1, -0.05) is 55.4 Å². The molecule has 1 unspecified atom stereocenters. The van der Waals surface area contributed by atoms with Gasteiger partial charge in [0, 0.05) is 5.41 Å². The minimum atomic E-state index is -2.27. The van der Waals surface area contributed by atoms with E-state index in [1.54, 1.807) is 13.8 Å². The molecule has 0 fully saturated rings. The second kappa shape index (κ2) is 4.62. The molecule has 0 aromatic rings. The molecule has 1 atom stereocenters. The Kier molecular flexibility index (Phi) is 4.58. The summed E-state index contributed by atoms with van der Waals surface area (Å²) in [5.41, 5.74) is -1.12. The summed E-state index contributed by atoms with van der Waals surface area (Å²) in [6, 6.07) is 0. The zero-order chi connectivity index (χ0) is 13.4. The fourth-order valence-electron chi connectivity index (χ4n) is 2.09. The molecule has 0 N–H and O–H groups in total. The molecule has 0 aromatic carbocycles. The average Bonchev–Trinajstić information content (AvgIpc) is 1.99. The third-order valence-corrected chi connectivity index (χ3v) is 4.36. The minimum absolute atomic E-state index is 0.189. The molecule has 0 nitrogen and oxygen atoms in total. The SMILES string of the molecule is CC(CC(C)(C)C)C(C)(C)C(C)(C)C(F)F. The first-order chi connectivity index (χ1) is 6.82. The van der Waals surface area contributed by atoms with Crippen LogP contribution in [0.5, 0.6) is 0 Å². The van der Waals surface area contributed by atoms with Crippen molar-refractivity contribution in [1.82, 2.24) is 0 Å². The van der Waals surface area contributed by atoms with Crippen molar-refractivity contribution in [3.63, 3.8) is 0 Å². The molecule has 0 radical (unpaired) electrons. The molecule has 0 aromatic heterocycles. The van der Waals surface area contributed by atoms with E-state index in [0.29, 0.717) is 0 Å². The Morgan fingerprint density at radius 3 is 1.44 bits per heavy atom. The summed E-state index contributed by atoms with van der Waals surface area (Å²) in [7, 11) is 0. The van der Waals surface area contributed by atoms with Gasteiger partial charge in [-0.3, -0.25) is 0 Å². The van der Waals surface area contributed by atoms with Crippen molar-refractivity contribution in [2.75, 3.05) is 0 Å².